The van der Waals surface area contributed by atoms with E-state index in [1.165, 1.54) is 12.1 Å². The number of anilines is 1. The lowest BCUT2D eigenvalue weighted by Gasteiger charge is -2.15. The third-order valence-corrected chi connectivity index (χ3v) is 3.49. The van der Waals surface area contributed by atoms with Crippen molar-refractivity contribution in [3.63, 3.8) is 0 Å². The zero-order valence-electron chi connectivity index (χ0n) is 11.4. The van der Waals surface area contributed by atoms with Gasteiger partial charge in [-0.1, -0.05) is 0 Å². The first-order valence-corrected chi connectivity index (χ1v) is 6.69. The monoisotopic (exact) mass is 302 g/mol. The molecule has 0 saturated carbocycles. The lowest BCUT2D eigenvalue weighted by molar-refractivity contribution is -0.137. The van der Waals surface area contributed by atoms with Gasteiger partial charge in [0.15, 0.2) is 0 Å². The highest BCUT2D eigenvalue weighted by atomic mass is 19.4. The standard InChI is InChI=1S/C14H17F3N2O2/c15-14(16,17)11-1-3-12(4-2-11)18-13(21)8-19-6-5-10(7-19)9-20/h1-4,10,20H,5-9H2,(H,18,21). The molecule has 0 aliphatic carbocycles. The number of amides is 1. The van der Waals surface area contributed by atoms with E-state index in [1.54, 1.807) is 0 Å². The SMILES string of the molecule is O=C(CN1CCC(CO)C1)Nc1ccc(C(F)(F)F)cc1. The summed E-state index contributed by atoms with van der Waals surface area (Å²) in [6.45, 7) is 1.69. The van der Waals surface area contributed by atoms with Crippen LogP contribution in [0.2, 0.25) is 0 Å². The molecule has 4 nitrogen and oxygen atoms in total. The van der Waals surface area contributed by atoms with E-state index in [-0.39, 0.29) is 25.0 Å². The minimum Gasteiger partial charge on any atom is -0.396 e. The summed E-state index contributed by atoms with van der Waals surface area (Å²) in [5, 5.41) is 11.6. The number of benzene rings is 1. The summed E-state index contributed by atoms with van der Waals surface area (Å²) in [6, 6.07) is 4.35. The van der Waals surface area contributed by atoms with Crippen LogP contribution in [-0.4, -0.2) is 42.2 Å². The molecule has 1 fully saturated rings. The minimum atomic E-state index is -4.38. The second-order valence-electron chi connectivity index (χ2n) is 5.20. The smallest absolute Gasteiger partial charge is 0.396 e. The number of hydrogen-bond donors (Lipinski definition) is 2. The maximum absolute atomic E-state index is 12.4. The summed E-state index contributed by atoms with van der Waals surface area (Å²) in [5.74, 6) is -0.0720. The number of likely N-dealkylation sites (tertiary alicyclic amines) is 1. The zero-order chi connectivity index (χ0) is 15.5. The van der Waals surface area contributed by atoms with Gasteiger partial charge in [0.05, 0.1) is 12.1 Å². The Morgan fingerprint density at radius 1 is 1.33 bits per heavy atom. The maximum atomic E-state index is 12.4. The molecular weight excluding hydrogens is 285 g/mol. The van der Waals surface area contributed by atoms with Crippen molar-refractivity contribution in [2.75, 3.05) is 31.6 Å². The molecule has 21 heavy (non-hydrogen) atoms. The Morgan fingerprint density at radius 3 is 2.52 bits per heavy atom. The van der Waals surface area contributed by atoms with Crippen molar-refractivity contribution in [2.24, 2.45) is 5.92 Å². The van der Waals surface area contributed by atoms with Gasteiger partial charge in [-0.15, -0.1) is 0 Å². The molecule has 1 aliphatic rings. The van der Waals surface area contributed by atoms with Crippen LogP contribution in [0.15, 0.2) is 24.3 Å². The first-order chi connectivity index (χ1) is 9.88. The molecule has 1 amide bonds. The largest absolute Gasteiger partial charge is 0.416 e. The molecule has 0 aromatic heterocycles. The number of nitrogens with zero attached hydrogens (tertiary/aromatic N) is 1. The first-order valence-electron chi connectivity index (χ1n) is 6.69. The van der Waals surface area contributed by atoms with Gasteiger partial charge in [0.2, 0.25) is 5.91 Å². The Kier molecular flexibility index (Phi) is 4.84. The van der Waals surface area contributed by atoms with Crippen molar-refractivity contribution in [1.29, 1.82) is 0 Å². The summed E-state index contributed by atoms with van der Waals surface area (Å²) in [7, 11) is 0. The molecule has 2 rings (SSSR count). The fourth-order valence-electron chi connectivity index (χ4n) is 2.35. The number of rotatable bonds is 4. The molecule has 7 heteroatoms. The quantitative estimate of drug-likeness (QED) is 0.894. The average Bonchev–Trinajstić information content (AvgIpc) is 2.85. The topological polar surface area (TPSA) is 52.6 Å². The maximum Gasteiger partial charge on any atom is 0.416 e. The van der Waals surface area contributed by atoms with E-state index in [1.807, 2.05) is 4.90 Å². The molecule has 1 aromatic carbocycles. The van der Waals surface area contributed by atoms with E-state index < -0.39 is 11.7 Å². The van der Waals surface area contributed by atoms with Crippen LogP contribution >= 0.6 is 0 Å². The number of aliphatic hydroxyl groups excluding tert-OH is 1. The highest BCUT2D eigenvalue weighted by Gasteiger charge is 2.30. The number of carbonyl (C=O) groups is 1. The van der Waals surface area contributed by atoms with Crippen molar-refractivity contribution >= 4 is 11.6 Å². The van der Waals surface area contributed by atoms with Gasteiger partial charge in [-0.25, -0.2) is 0 Å². The molecule has 0 spiro atoms. The summed E-state index contributed by atoms with van der Waals surface area (Å²) in [5.41, 5.74) is -0.406. The van der Waals surface area contributed by atoms with E-state index in [0.717, 1.165) is 25.1 Å². The lowest BCUT2D eigenvalue weighted by Crippen LogP contribution is -2.31. The summed E-state index contributed by atoms with van der Waals surface area (Å²) < 4.78 is 37.2. The fraction of sp³-hybridized carbons (Fsp3) is 0.500. The predicted molar refractivity (Wildman–Crippen MR) is 71.7 cm³/mol. The van der Waals surface area contributed by atoms with Crippen molar-refractivity contribution in [2.45, 2.75) is 12.6 Å². The third-order valence-electron chi connectivity index (χ3n) is 3.49. The zero-order valence-corrected chi connectivity index (χ0v) is 11.4. The Morgan fingerprint density at radius 2 is 2.00 bits per heavy atom. The number of carbonyl (C=O) groups excluding carboxylic acids is 1. The summed E-state index contributed by atoms with van der Waals surface area (Å²) in [4.78, 5) is 13.7. The van der Waals surface area contributed by atoms with Gasteiger partial charge in [-0.2, -0.15) is 13.2 Å². The van der Waals surface area contributed by atoms with E-state index in [0.29, 0.717) is 12.2 Å². The number of hydrogen-bond acceptors (Lipinski definition) is 3. The Balaban J connectivity index is 1.85. The molecule has 2 N–H and O–H groups in total. The van der Waals surface area contributed by atoms with Crippen LogP contribution in [0.25, 0.3) is 0 Å². The second-order valence-corrected chi connectivity index (χ2v) is 5.20. The Hall–Kier alpha value is -1.60. The highest BCUT2D eigenvalue weighted by Crippen LogP contribution is 2.29. The van der Waals surface area contributed by atoms with Crippen molar-refractivity contribution in [1.82, 2.24) is 4.90 Å². The van der Waals surface area contributed by atoms with Gasteiger partial charge >= 0.3 is 6.18 Å². The van der Waals surface area contributed by atoms with E-state index in [2.05, 4.69) is 5.32 Å². The molecule has 1 aliphatic heterocycles. The highest BCUT2D eigenvalue weighted by molar-refractivity contribution is 5.92. The van der Waals surface area contributed by atoms with Crippen LogP contribution in [0, 0.1) is 5.92 Å². The second kappa shape index (κ2) is 6.44. The number of nitrogens with one attached hydrogen (secondary N) is 1. The summed E-state index contributed by atoms with van der Waals surface area (Å²) in [6.07, 6.45) is -3.53. The molecule has 1 saturated heterocycles. The number of halogens is 3. The molecular formula is C14H17F3N2O2. The van der Waals surface area contributed by atoms with Gasteiger partial charge in [-0.3, -0.25) is 9.69 Å². The molecule has 1 atom stereocenters. The fourth-order valence-corrected chi connectivity index (χ4v) is 2.35. The normalized spacial score (nSPS) is 19.7. The van der Waals surface area contributed by atoms with Crippen LogP contribution in [0.5, 0.6) is 0 Å². The molecule has 1 unspecified atom stereocenters. The van der Waals surface area contributed by atoms with Crippen LogP contribution < -0.4 is 5.32 Å². The number of aliphatic hydroxyl groups is 1. The van der Waals surface area contributed by atoms with Gasteiger partial charge in [0.1, 0.15) is 0 Å². The van der Waals surface area contributed by atoms with E-state index >= 15 is 0 Å². The van der Waals surface area contributed by atoms with Crippen molar-refractivity contribution < 1.29 is 23.1 Å². The van der Waals surface area contributed by atoms with Crippen LogP contribution in [-0.2, 0) is 11.0 Å². The molecule has 116 valence electrons. The first kappa shape index (κ1) is 15.8. The van der Waals surface area contributed by atoms with Gasteiger partial charge in [-0.05, 0) is 43.1 Å². The summed E-state index contributed by atoms with van der Waals surface area (Å²) >= 11 is 0. The van der Waals surface area contributed by atoms with Crippen molar-refractivity contribution in [3.8, 4) is 0 Å². The van der Waals surface area contributed by atoms with E-state index in [4.69, 9.17) is 5.11 Å². The van der Waals surface area contributed by atoms with Crippen LogP contribution in [0.4, 0.5) is 18.9 Å². The van der Waals surface area contributed by atoms with Crippen molar-refractivity contribution in [3.05, 3.63) is 29.8 Å². The van der Waals surface area contributed by atoms with Gasteiger partial charge < -0.3 is 10.4 Å². The molecule has 1 heterocycles. The third kappa shape index (κ3) is 4.44. The minimum absolute atomic E-state index is 0.108. The van der Waals surface area contributed by atoms with Gasteiger partial charge in [0.25, 0.3) is 0 Å². The van der Waals surface area contributed by atoms with Crippen LogP contribution in [0.3, 0.4) is 0 Å². The predicted octanol–water partition coefficient (Wildman–Crippen LogP) is 1.96. The molecule has 0 bridgehead atoms. The Labute approximate surface area is 120 Å². The van der Waals surface area contributed by atoms with Crippen LogP contribution in [0.1, 0.15) is 12.0 Å². The van der Waals surface area contributed by atoms with E-state index in [9.17, 15) is 18.0 Å². The number of alkyl halides is 3. The molecule has 1 aromatic rings. The lowest BCUT2D eigenvalue weighted by atomic mass is 10.1. The Bertz CT molecular complexity index is 488. The van der Waals surface area contributed by atoms with Gasteiger partial charge in [0, 0.05) is 18.8 Å². The average molecular weight is 302 g/mol. The molecule has 0 radical (unpaired) electrons.